The topological polar surface area (TPSA) is 76.6 Å². The van der Waals surface area contributed by atoms with Crippen LogP contribution < -0.4 is 15.0 Å². The Morgan fingerprint density at radius 1 is 1.03 bits per heavy atom. The average molecular weight is 464 g/mol. The molecule has 0 spiro atoms. The van der Waals surface area contributed by atoms with Crippen molar-refractivity contribution in [2.24, 2.45) is 0 Å². The van der Waals surface area contributed by atoms with Gasteiger partial charge >= 0.3 is 0 Å². The second-order valence-electron chi connectivity index (χ2n) is 8.53. The zero-order chi connectivity index (χ0) is 24.2. The molecule has 0 saturated heterocycles. The van der Waals surface area contributed by atoms with Gasteiger partial charge in [-0.15, -0.1) is 0 Å². The fourth-order valence-corrected chi connectivity index (χ4v) is 4.50. The van der Waals surface area contributed by atoms with Crippen LogP contribution in [-0.4, -0.2) is 22.6 Å². The molecule has 0 N–H and O–H groups in total. The molecule has 1 saturated carbocycles. The molecule has 35 heavy (non-hydrogen) atoms. The number of nitriles is 1. The van der Waals surface area contributed by atoms with Crippen LogP contribution in [-0.2, 0) is 0 Å². The van der Waals surface area contributed by atoms with Crippen molar-refractivity contribution < 1.29 is 9.47 Å². The predicted octanol–water partition coefficient (Wildman–Crippen LogP) is 5.73. The number of ether oxygens (including phenoxy) is 2. The van der Waals surface area contributed by atoms with Crippen molar-refractivity contribution >= 4 is 17.8 Å². The van der Waals surface area contributed by atoms with Crippen LogP contribution in [0.4, 0.5) is 0 Å². The summed E-state index contributed by atoms with van der Waals surface area (Å²) in [5, 5.41) is 9.17. The van der Waals surface area contributed by atoms with Crippen molar-refractivity contribution in [2.75, 3.05) is 7.11 Å². The van der Waals surface area contributed by atoms with Crippen LogP contribution in [0.5, 0.6) is 11.5 Å². The van der Waals surface area contributed by atoms with E-state index in [2.05, 4.69) is 6.07 Å². The number of fused-ring (bicyclic) bond motifs is 1. The molecule has 2 heterocycles. The third-order valence-electron chi connectivity index (χ3n) is 6.30. The van der Waals surface area contributed by atoms with E-state index in [1.165, 1.54) is 17.2 Å². The number of methoxy groups -OCH3 is 1. The summed E-state index contributed by atoms with van der Waals surface area (Å²) in [5.41, 5.74) is 3.49. The van der Waals surface area contributed by atoms with Crippen molar-refractivity contribution in [3.05, 3.63) is 94.0 Å². The normalized spacial score (nSPS) is 13.8. The second kappa shape index (κ2) is 9.86. The highest BCUT2D eigenvalue weighted by molar-refractivity contribution is 5.81. The summed E-state index contributed by atoms with van der Waals surface area (Å²) in [6, 6.07) is 20.3. The van der Waals surface area contributed by atoms with Crippen molar-refractivity contribution in [1.29, 1.82) is 5.26 Å². The molecular weight excluding hydrogens is 438 g/mol. The van der Waals surface area contributed by atoms with E-state index in [0.717, 1.165) is 18.4 Å². The van der Waals surface area contributed by atoms with Crippen molar-refractivity contribution in [3.63, 3.8) is 0 Å². The first-order chi connectivity index (χ1) is 17.2. The summed E-state index contributed by atoms with van der Waals surface area (Å²) in [6.45, 7) is 0. The summed E-state index contributed by atoms with van der Waals surface area (Å²) in [7, 11) is 1.64. The minimum Gasteiger partial charge on any atom is -0.493 e. The van der Waals surface area contributed by atoms with E-state index in [1.54, 1.807) is 43.6 Å². The highest BCUT2D eigenvalue weighted by atomic mass is 16.5. The molecule has 0 atom stereocenters. The molecule has 0 bridgehead atoms. The van der Waals surface area contributed by atoms with Gasteiger partial charge in [0.05, 0.1) is 36.1 Å². The first-order valence-electron chi connectivity index (χ1n) is 11.7. The summed E-state index contributed by atoms with van der Waals surface area (Å²) < 4.78 is 13.5. The van der Waals surface area contributed by atoms with Crippen molar-refractivity contribution in [2.45, 2.75) is 31.8 Å². The predicted molar refractivity (Wildman–Crippen MR) is 136 cm³/mol. The Labute approximate surface area is 203 Å². The fraction of sp³-hybridized carbons (Fsp3) is 0.207. The number of aromatic nitrogens is 2. The minimum absolute atomic E-state index is 0.173. The Kier molecular flexibility index (Phi) is 6.32. The number of hydrogen-bond acceptors (Lipinski definition) is 5. The number of nitrogens with zero attached hydrogens (tertiary/aromatic N) is 3. The molecular formula is C29H25N3O3. The van der Waals surface area contributed by atoms with Crippen LogP contribution in [0.2, 0.25) is 0 Å². The Bertz CT molecular complexity index is 1490. The van der Waals surface area contributed by atoms with E-state index in [0.29, 0.717) is 39.5 Å². The van der Waals surface area contributed by atoms with E-state index in [9.17, 15) is 4.79 Å². The maximum absolute atomic E-state index is 13.5. The van der Waals surface area contributed by atoms with Gasteiger partial charge in [0.2, 0.25) is 0 Å². The zero-order valence-corrected chi connectivity index (χ0v) is 19.5. The molecule has 2 aromatic carbocycles. The van der Waals surface area contributed by atoms with Gasteiger partial charge in [0.1, 0.15) is 5.65 Å². The third-order valence-corrected chi connectivity index (χ3v) is 6.30. The molecule has 0 radical (unpaired) electrons. The number of pyridine rings is 1. The molecule has 1 aliphatic carbocycles. The van der Waals surface area contributed by atoms with Gasteiger partial charge in [0, 0.05) is 11.8 Å². The molecule has 6 heteroatoms. The van der Waals surface area contributed by atoms with E-state index in [1.807, 2.05) is 42.5 Å². The first kappa shape index (κ1) is 22.4. The smallest absolute Gasteiger partial charge is 0.266 e. The molecule has 1 aliphatic rings. The van der Waals surface area contributed by atoms with Crippen LogP contribution in [0, 0.1) is 11.3 Å². The van der Waals surface area contributed by atoms with E-state index >= 15 is 0 Å². The van der Waals surface area contributed by atoms with Crippen LogP contribution in [0.15, 0.2) is 71.7 Å². The Balaban J connectivity index is 1.63. The molecule has 0 aliphatic heterocycles. The van der Waals surface area contributed by atoms with Crippen molar-refractivity contribution in [1.82, 2.24) is 9.38 Å². The molecule has 6 nitrogen and oxygen atoms in total. The van der Waals surface area contributed by atoms with Gasteiger partial charge in [-0.2, -0.15) is 5.26 Å². The highest BCUT2D eigenvalue weighted by Crippen LogP contribution is 2.36. The summed E-state index contributed by atoms with van der Waals surface area (Å²) in [5.74, 6) is 1.38. The molecule has 0 unspecified atom stereocenters. The van der Waals surface area contributed by atoms with Crippen LogP contribution in [0.25, 0.3) is 28.9 Å². The van der Waals surface area contributed by atoms with Gasteiger partial charge in [-0.25, -0.2) is 4.98 Å². The lowest BCUT2D eigenvalue weighted by atomic mass is 10.0. The summed E-state index contributed by atoms with van der Waals surface area (Å²) >= 11 is 0. The fourth-order valence-electron chi connectivity index (χ4n) is 4.50. The summed E-state index contributed by atoms with van der Waals surface area (Å²) in [4.78, 5) is 18.3. The van der Waals surface area contributed by atoms with Gasteiger partial charge in [-0.1, -0.05) is 30.3 Å². The van der Waals surface area contributed by atoms with Gasteiger partial charge < -0.3 is 9.47 Å². The molecule has 0 amide bonds. The number of para-hydroxylation sites is 1. The number of benzene rings is 2. The SMILES string of the molecule is COc1cccc(/C=C/c2nc3ccccn3c(=O)c2-c2ccc(C#N)cc2)c1OC1CCCC1. The highest BCUT2D eigenvalue weighted by Gasteiger charge is 2.20. The second-order valence-corrected chi connectivity index (χ2v) is 8.53. The largest absolute Gasteiger partial charge is 0.493 e. The number of hydrogen-bond donors (Lipinski definition) is 0. The summed E-state index contributed by atoms with van der Waals surface area (Å²) in [6.07, 6.45) is 10.1. The van der Waals surface area contributed by atoms with E-state index in [-0.39, 0.29) is 11.7 Å². The quantitative estimate of drug-likeness (QED) is 0.365. The van der Waals surface area contributed by atoms with E-state index < -0.39 is 0 Å². The van der Waals surface area contributed by atoms with Gasteiger partial charge in [0.15, 0.2) is 11.5 Å². The molecule has 4 aromatic rings. The minimum atomic E-state index is -0.173. The maximum Gasteiger partial charge on any atom is 0.266 e. The molecule has 1 fully saturated rings. The standard InChI is InChI=1S/C29H25N3O3/c1-34-25-10-6-7-22(28(25)35-23-8-2-3-9-23)16-17-24-27(21-14-12-20(19-30)13-15-21)29(33)32-18-5-4-11-26(32)31-24/h4-7,10-18,23H,2-3,8-9H2,1H3/b17-16+. The molecule has 174 valence electrons. The van der Waals surface area contributed by atoms with Crippen LogP contribution in [0.3, 0.4) is 0 Å². The first-order valence-corrected chi connectivity index (χ1v) is 11.7. The van der Waals surface area contributed by atoms with Gasteiger partial charge in [-0.3, -0.25) is 9.20 Å². The third kappa shape index (κ3) is 4.53. The lowest BCUT2D eigenvalue weighted by molar-refractivity contribution is 0.200. The Morgan fingerprint density at radius 3 is 2.57 bits per heavy atom. The lowest BCUT2D eigenvalue weighted by Crippen LogP contribution is -2.18. The lowest BCUT2D eigenvalue weighted by Gasteiger charge is -2.18. The van der Waals surface area contributed by atoms with Gasteiger partial charge in [0.25, 0.3) is 5.56 Å². The Hall–Kier alpha value is -4.37. The number of rotatable bonds is 6. The van der Waals surface area contributed by atoms with Crippen LogP contribution >= 0.6 is 0 Å². The monoisotopic (exact) mass is 463 g/mol. The maximum atomic E-state index is 13.5. The molecule has 2 aromatic heterocycles. The Morgan fingerprint density at radius 2 is 1.83 bits per heavy atom. The average Bonchev–Trinajstić information content (AvgIpc) is 3.41. The van der Waals surface area contributed by atoms with Crippen LogP contribution in [0.1, 0.15) is 42.5 Å². The molecule has 5 rings (SSSR count). The zero-order valence-electron chi connectivity index (χ0n) is 19.5. The van der Waals surface area contributed by atoms with Crippen molar-refractivity contribution in [3.8, 4) is 28.7 Å². The van der Waals surface area contributed by atoms with E-state index in [4.69, 9.17) is 19.7 Å². The van der Waals surface area contributed by atoms with Gasteiger partial charge in [-0.05, 0) is 73.7 Å².